The molecule has 1 aliphatic carbocycles. The highest BCUT2D eigenvalue weighted by atomic mass is 16.6. The van der Waals surface area contributed by atoms with Crippen molar-refractivity contribution in [3.05, 3.63) is 33.9 Å². The Hall–Kier alpha value is -2.19. The summed E-state index contributed by atoms with van der Waals surface area (Å²) in [6.07, 6.45) is 6.43. The van der Waals surface area contributed by atoms with Gasteiger partial charge in [-0.05, 0) is 37.3 Å². The fourth-order valence-corrected chi connectivity index (χ4v) is 5.41. The Labute approximate surface area is 177 Å². The molecule has 30 heavy (non-hydrogen) atoms. The number of anilines is 1. The Morgan fingerprint density at radius 1 is 1.30 bits per heavy atom. The van der Waals surface area contributed by atoms with Crippen LogP contribution in [0.2, 0.25) is 0 Å². The second kappa shape index (κ2) is 9.31. The predicted molar refractivity (Wildman–Crippen MR) is 115 cm³/mol. The fraction of sp³-hybridized carbons (Fsp3) is 0.682. The number of fused-ring (bicyclic) bond motifs is 3. The molecule has 1 aromatic carbocycles. The predicted octanol–water partition coefficient (Wildman–Crippen LogP) is 2.35. The molecule has 3 aliphatic rings. The average Bonchev–Trinajstić information content (AvgIpc) is 3.30. The van der Waals surface area contributed by atoms with Gasteiger partial charge in [0, 0.05) is 63.8 Å². The first-order valence-electron chi connectivity index (χ1n) is 11.1. The maximum absolute atomic E-state index is 13.1. The van der Waals surface area contributed by atoms with Crippen LogP contribution in [0.4, 0.5) is 11.4 Å². The van der Waals surface area contributed by atoms with Crippen LogP contribution < -0.4 is 10.2 Å². The number of piperazine rings is 1. The first kappa shape index (κ1) is 21.1. The maximum Gasteiger partial charge on any atom is 0.269 e. The number of nitro benzene ring substituents is 1. The van der Waals surface area contributed by atoms with Gasteiger partial charge in [0.05, 0.1) is 16.9 Å². The molecule has 1 N–H and O–H groups in total. The van der Waals surface area contributed by atoms with Crippen LogP contribution in [0.15, 0.2) is 18.2 Å². The van der Waals surface area contributed by atoms with E-state index in [9.17, 15) is 14.9 Å². The van der Waals surface area contributed by atoms with Gasteiger partial charge in [-0.2, -0.15) is 0 Å². The van der Waals surface area contributed by atoms with Crippen molar-refractivity contribution in [3.63, 3.8) is 0 Å². The van der Waals surface area contributed by atoms with E-state index in [4.69, 9.17) is 4.74 Å². The summed E-state index contributed by atoms with van der Waals surface area (Å²) < 4.78 is 5.08. The van der Waals surface area contributed by atoms with E-state index in [0.717, 1.165) is 37.3 Å². The Bertz CT molecular complexity index is 780. The van der Waals surface area contributed by atoms with Gasteiger partial charge in [0.2, 0.25) is 5.91 Å². The van der Waals surface area contributed by atoms with Gasteiger partial charge in [0.25, 0.3) is 5.69 Å². The molecule has 2 atom stereocenters. The van der Waals surface area contributed by atoms with Crippen molar-refractivity contribution in [2.45, 2.75) is 50.6 Å². The summed E-state index contributed by atoms with van der Waals surface area (Å²) in [6.45, 7) is 3.94. The zero-order valence-electron chi connectivity index (χ0n) is 17.7. The van der Waals surface area contributed by atoms with Gasteiger partial charge in [-0.3, -0.25) is 19.8 Å². The number of hydrogen-bond donors (Lipinski definition) is 1. The molecule has 0 spiro atoms. The number of benzene rings is 1. The zero-order valence-corrected chi connectivity index (χ0v) is 17.7. The molecule has 2 heterocycles. The number of carbonyl (C=O) groups excluding carboxylic acids is 1. The van der Waals surface area contributed by atoms with Crippen LogP contribution in [0.25, 0.3) is 0 Å². The summed E-state index contributed by atoms with van der Waals surface area (Å²) in [6, 6.07) is 5.86. The highest BCUT2D eigenvalue weighted by Gasteiger charge is 2.43. The molecule has 1 saturated heterocycles. The smallest absolute Gasteiger partial charge is 0.269 e. The number of carbonyl (C=O) groups is 1. The third-order valence-electron chi connectivity index (χ3n) is 6.94. The van der Waals surface area contributed by atoms with Crippen molar-refractivity contribution < 1.29 is 14.5 Å². The number of non-ortho nitro benzene ring substituents is 1. The Balaban J connectivity index is 1.57. The second-order valence-corrected chi connectivity index (χ2v) is 8.71. The zero-order chi connectivity index (χ0) is 21.1. The first-order chi connectivity index (χ1) is 14.6. The molecule has 0 bridgehead atoms. The largest absolute Gasteiger partial charge is 0.385 e. The lowest BCUT2D eigenvalue weighted by atomic mass is 9.82. The summed E-state index contributed by atoms with van der Waals surface area (Å²) in [5.74, 6) is -0.155. The molecular formula is C22H32N4O4. The lowest BCUT2D eigenvalue weighted by molar-refractivity contribution is -0.384. The van der Waals surface area contributed by atoms with Gasteiger partial charge in [0.15, 0.2) is 0 Å². The molecule has 0 aromatic heterocycles. The van der Waals surface area contributed by atoms with Crippen LogP contribution in [0.3, 0.4) is 0 Å². The van der Waals surface area contributed by atoms with Crippen LogP contribution in [0.5, 0.6) is 0 Å². The van der Waals surface area contributed by atoms with Crippen LogP contribution in [-0.2, 0) is 16.0 Å². The molecule has 8 nitrogen and oxygen atoms in total. The molecule has 2 fully saturated rings. The van der Waals surface area contributed by atoms with Crippen molar-refractivity contribution >= 4 is 17.3 Å². The summed E-state index contributed by atoms with van der Waals surface area (Å²) >= 11 is 0. The van der Waals surface area contributed by atoms with Gasteiger partial charge < -0.3 is 15.0 Å². The van der Waals surface area contributed by atoms with Gasteiger partial charge >= 0.3 is 0 Å². The summed E-state index contributed by atoms with van der Waals surface area (Å²) in [5, 5.41) is 14.3. The standard InChI is InChI=1S/C22H32N4O4/c1-30-12-4-9-23-22(27)19-14-16-13-18(26(28)29)7-8-20(16)25-11-10-24(15-21(19)25)17-5-2-3-6-17/h7-8,13,17,19,21H,2-6,9-12,14-15H2,1H3,(H,23,27)/t19-,21+/m0/s1. The lowest BCUT2D eigenvalue weighted by Gasteiger charge is -2.50. The van der Waals surface area contributed by atoms with Crippen molar-refractivity contribution in [3.8, 4) is 0 Å². The summed E-state index contributed by atoms with van der Waals surface area (Å²) in [4.78, 5) is 29.0. The summed E-state index contributed by atoms with van der Waals surface area (Å²) in [5.41, 5.74) is 2.06. The maximum atomic E-state index is 13.1. The quantitative estimate of drug-likeness (QED) is 0.417. The van der Waals surface area contributed by atoms with E-state index in [0.29, 0.717) is 25.6 Å². The first-order valence-corrected chi connectivity index (χ1v) is 11.1. The molecule has 0 unspecified atom stereocenters. The molecule has 1 saturated carbocycles. The number of rotatable bonds is 7. The SMILES string of the molecule is COCCCNC(=O)[C@H]1Cc2cc([N+](=O)[O-])ccc2N2CCN(C3CCCC3)C[C@H]12. The van der Waals surface area contributed by atoms with E-state index >= 15 is 0 Å². The van der Waals surface area contributed by atoms with Gasteiger partial charge in [0.1, 0.15) is 0 Å². The topological polar surface area (TPSA) is 87.9 Å². The molecule has 1 amide bonds. The molecular weight excluding hydrogens is 384 g/mol. The number of nitrogens with one attached hydrogen (secondary N) is 1. The average molecular weight is 417 g/mol. The van der Waals surface area contributed by atoms with Gasteiger partial charge in [-0.25, -0.2) is 0 Å². The minimum atomic E-state index is -0.357. The van der Waals surface area contributed by atoms with E-state index in [2.05, 4.69) is 15.1 Å². The number of hydrogen-bond acceptors (Lipinski definition) is 6. The minimum absolute atomic E-state index is 0.0477. The van der Waals surface area contributed by atoms with Gasteiger partial charge in [-0.15, -0.1) is 0 Å². The third kappa shape index (κ3) is 4.30. The third-order valence-corrected chi connectivity index (χ3v) is 6.94. The highest BCUT2D eigenvalue weighted by Crippen LogP contribution is 2.39. The normalized spacial score (nSPS) is 24.4. The second-order valence-electron chi connectivity index (χ2n) is 8.71. The van der Waals surface area contributed by atoms with Crippen molar-refractivity contribution in [2.24, 2.45) is 5.92 Å². The minimum Gasteiger partial charge on any atom is -0.385 e. The van der Waals surface area contributed by atoms with Crippen molar-refractivity contribution in [1.82, 2.24) is 10.2 Å². The van der Waals surface area contributed by atoms with Crippen LogP contribution in [0, 0.1) is 16.0 Å². The molecule has 8 heteroatoms. The molecule has 1 aromatic rings. The molecule has 0 radical (unpaired) electrons. The lowest BCUT2D eigenvalue weighted by Crippen LogP contribution is -2.62. The van der Waals surface area contributed by atoms with E-state index in [1.54, 1.807) is 19.2 Å². The van der Waals surface area contributed by atoms with Gasteiger partial charge in [-0.1, -0.05) is 12.8 Å². The Morgan fingerprint density at radius 2 is 2.10 bits per heavy atom. The monoisotopic (exact) mass is 416 g/mol. The van der Waals surface area contributed by atoms with E-state index in [1.807, 2.05) is 6.07 Å². The number of amides is 1. The molecule has 164 valence electrons. The van der Waals surface area contributed by atoms with E-state index in [1.165, 1.54) is 25.7 Å². The number of nitro groups is 1. The van der Waals surface area contributed by atoms with Crippen molar-refractivity contribution in [2.75, 3.05) is 44.8 Å². The number of ether oxygens (including phenoxy) is 1. The molecule has 2 aliphatic heterocycles. The van der Waals surface area contributed by atoms with Crippen LogP contribution >= 0.6 is 0 Å². The number of nitrogens with zero attached hydrogens (tertiary/aromatic N) is 3. The highest BCUT2D eigenvalue weighted by molar-refractivity contribution is 5.82. The number of methoxy groups -OCH3 is 1. The Morgan fingerprint density at radius 3 is 2.83 bits per heavy atom. The van der Waals surface area contributed by atoms with Crippen LogP contribution in [-0.4, -0.2) is 67.7 Å². The Kier molecular flexibility index (Phi) is 6.53. The fourth-order valence-electron chi connectivity index (χ4n) is 5.41. The van der Waals surface area contributed by atoms with E-state index in [-0.39, 0.29) is 28.5 Å². The van der Waals surface area contributed by atoms with E-state index < -0.39 is 0 Å². The summed E-state index contributed by atoms with van der Waals surface area (Å²) in [7, 11) is 1.66. The van der Waals surface area contributed by atoms with Crippen LogP contribution in [0.1, 0.15) is 37.7 Å². The van der Waals surface area contributed by atoms with Crippen molar-refractivity contribution in [1.29, 1.82) is 0 Å². The molecule has 4 rings (SSSR count).